The standard InChI is InChI=1S/C18H26N2O/c1-4-6-9-14(5-2)13-19-16-12-18(21)20(3)17-11-8-7-10-15(16)17/h7-8,10-12,14,19H,4-6,9,13H2,1-3H3. The first kappa shape index (κ1) is 15.6. The molecule has 3 nitrogen and oxygen atoms in total. The fourth-order valence-electron chi connectivity index (χ4n) is 2.75. The SMILES string of the molecule is CCCCC(CC)CNc1cc(=O)n(C)c2ccccc12. The van der Waals surface area contributed by atoms with Gasteiger partial charge in [0.15, 0.2) is 0 Å². The summed E-state index contributed by atoms with van der Waals surface area (Å²) in [5.74, 6) is 0.674. The molecule has 1 aromatic heterocycles. The van der Waals surface area contributed by atoms with Crippen molar-refractivity contribution in [1.29, 1.82) is 0 Å². The Balaban J connectivity index is 2.22. The topological polar surface area (TPSA) is 34.0 Å². The molecule has 0 saturated carbocycles. The van der Waals surface area contributed by atoms with Crippen molar-refractivity contribution in [3.63, 3.8) is 0 Å². The number of anilines is 1. The Morgan fingerprint density at radius 3 is 2.71 bits per heavy atom. The summed E-state index contributed by atoms with van der Waals surface area (Å²) in [6.07, 6.45) is 4.95. The van der Waals surface area contributed by atoms with Gasteiger partial charge in [-0.15, -0.1) is 0 Å². The summed E-state index contributed by atoms with van der Waals surface area (Å²) < 4.78 is 1.70. The van der Waals surface area contributed by atoms with Gasteiger partial charge < -0.3 is 9.88 Å². The molecule has 0 spiro atoms. The molecule has 1 atom stereocenters. The van der Waals surface area contributed by atoms with Crippen LogP contribution in [0.25, 0.3) is 10.9 Å². The first-order chi connectivity index (χ1) is 10.2. The van der Waals surface area contributed by atoms with Gasteiger partial charge in [0.05, 0.1) is 5.52 Å². The fourth-order valence-corrected chi connectivity index (χ4v) is 2.75. The number of nitrogens with one attached hydrogen (secondary N) is 1. The van der Waals surface area contributed by atoms with E-state index in [1.807, 2.05) is 25.2 Å². The second-order valence-corrected chi connectivity index (χ2v) is 5.77. The number of pyridine rings is 1. The van der Waals surface area contributed by atoms with Gasteiger partial charge in [-0.25, -0.2) is 0 Å². The second kappa shape index (κ2) is 7.30. The van der Waals surface area contributed by atoms with Crippen LogP contribution in [0.5, 0.6) is 0 Å². The van der Waals surface area contributed by atoms with Gasteiger partial charge in [0.2, 0.25) is 0 Å². The summed E-state index contributed by atoms with van der Waals surface area (Å²) in [6, 6.07) is 9.78. The minimum Gasteiger partial charge on any atom is -0.384 e. The monoisotopic (exact) mass is 286 g/mol. The number of aryl methyl sites for hydroxylation is 1. The fraction of sp³-hybridized carbons (Fsp3) is 0.500. The average molecular weight is 286 g/mol. The zero-order valence-electron chi connectivity index (χ0n) is 13.4. The first-order valence-corrected chi connectivity index (χ1v) is 8.00. The van der Waals surface area contributed by atoms with Crippen LogP contribution in [0, 0.1) is 5.92 Å². The maximum atomic E-state index is 12.1. The van der Waals surface area contributed by atoms with E-state index in [1.165, 1.54) is 25.7 Å². The predicted octanol–water partition coefficient (Wildman–Crippen LogP) is 4.17. The van der Waals surface area contributed by atoms with Gasteiger partial charge in [-0.05, 0) is 18.4 Å². The van der Waals surface area contributed by atoms with Crippen LogP contribution in [-0.2, 0) is 7.05 Å². The van der Waals surface area contributed by atoms with Crippen LogP contribution in [0.3, 0.4) is 0 Å². The summed E-state index contributed by atoms with van der Waals surface area (Å²) in [5, 5.41) is 4.62. The van der Waals surface area contributed by atoms with Crippen molar-refractivity contribution in [2.45, 2.75) is 39.5 Å². The number of unbranched alkanes of at least 4 members (excludes halogenated alkanes) is 1. The molecule has 0 bridgehead atoms. The molecule has 1 heterocycles. The number of hydrogen-bond donors (Lipinski definition) is 1. The molecule has 0 fully saturated rings. The van der Waals surface area contributed by atoms with E-state index < -0.39 is 0 Å². The lowest BCUT2D eigenvalue weighted by Crippen LogP contribution is -2.19. The molecule has 0 radical (unpaired) electrons. The smallest absolute Gasteiger partial charge is 0.252 e. The lowest BCUT2D eigenvalue weighted by Gasteiger charge is -2.18. The van der Waals surface area contributed by atoms with Crippen LogP contribution in [0.2, 0.25) is 0 Å². The number of hydrogen-bond acceptors (Lipinski definition) is 2. The average Bonchev–Trinajstić information content (AvgIpc) is 2.52. The van der Waals surface area contributed by atoms with E-state index in [1.54, 1.807) is 10.6 Å². The quantitative estimate of drug-likeness (QED) is 0.829. The molecule has 2 rings (SSSR count). The largest absolute Gasteiger partial charge is 0.384 e. The van der Waals surface area contributed by atoms with Gasteiger partial charge in [-0.2, -0.15) is 0 Å². The molecule has 0 saturated heterocycles. The van der Waals surface area contributed by atoms with Crippen molar-refractivity contribution in [3.05, 3.63) is 40.7 Å². The highest BCUT2D eigenvalue weighted by Gasteiger charge is 2.09. The van der Waals surface area contributed by atoms with E-state index in [9.17, 15) is 4.79 Å². The molecule has 1 aromatic carbocycles. The zero-order chi connectivity index (χ0) is 15.2. The Morgan fingerprint density at radius 2 is 2.00 bits per heavy atom. The molecule has 0 aliphatic rings. The summed E-state index contributed by atoms with van der Waals surface area (Å²) >= 11 is 0. The normalized spacial score (nSPS) is 12.5. The maximum absolute atomic E-state index is 12.1. The Bertz CT molecular complexity index is 645. The third-order valence-corrected chi connectivity index (χ3v) is 4.28. The van der Waals surface area contributed by atoms with Crippen LogP contribution in [0.15, 0.2) is 35.1 Å². The number of benzene rings is 1. The molecule has 3 heteroatoms. The molecule has 21 heavy (non-hydrogen) atoms. The van der Waals surface area contributed by atoms with Crippen LogP contribution in [0.1, 0.15) is 39.5 Å². The van der Waals surface area contributed by atoms with E-state index in [4.69, 9.17) is 0 Å². The zero-order valence-corrected chi connectivity index (χ0v) is 13.4. The van der Waals surface area contributed by atoms with Crippen LogP contribution >= 0.6 is 0 Å². The molecular formula is C18H26N2O. The van der Waals surface area contributed by atoms with Crippen LogP contribution in [-0.4, -0.2) is 11.1 Å². The molecule has 114 valence electrons. The minimum atomic E-state index is 0.0396. The molecule has 0 amide bonds. The van der Waals surface area contributed by atoms with Crippen molar-refractivity contribution in [2.24, 2.45) is 13.0 Å². The van der Waals surface area contributed by atoms with Gasteiger partial charge in [0, 0.05) is 30.7 Å². The number of rotatable bonds is 7. The van der Waals surface area contributed by atoms with E-state index >= 15 is 0 Å². The summed E-state index contributed by atoms with van der Waals surface area (Å²) in [6.45, 7) is 5.41. The Hall–Kier alpha value is -1.77. The summed E-state index contributed by atoms with van der Waals surface area (Å²) in [4.78, 5) is 12.1. The molecular weight excluding hydrogens is 260 g/mol. The van der Waals surface area contributed by atoms with Crippen molar-refractivity contribution in [1.82, 2.24) is 4.57 Å². The number of nitrogens with zero attached hydrogens (tertiary/aromatic N) is 1. The molecule has 1 N–H and O–H groups in total. The van der Waals surface area contributed by atoms with E-state index in [0.29, 0.717) is 5.92 Å². The van der Waals surface area contributed by atoms with Gasteiger partial charge in [0.1, 0.15) is 0 Å². The molecule has 0 aliphatic carbocycles. The van der Waals surface area contributed by atoms with Gasteiger partial charge in [-0.1, -0.05) is 51.3 Å². The Labute approximate surface area is 127 Å². The van der Waals surface area contributed by atoms with Gasteiger partial charge in [0.25, 0.3) is 5.56 Å². The van der Waals surface area contributed by atoms with E-state index in [0.717, 1.165) is 23.1 Å². The Kier molecular flexibility index (Phi) is 5.43. The van der Waals surface area contributed by atoms with Crippen molar-refractivity contribution in [3.8, 4) is 0 Å². The third-order valence-electron chi connectivity index (χ3n) is 4.28. The van der Waals surface area contributed by atoms with Crippen LogP contribution < -0.4 is 10.9 Å². The minimum absolute atomic E-state index is 0.0396. The summed E-state index contributed by atoms with van der Waals surface area (Å²) in [7, 11) is 1.82. The highest BCUT2D eigenvalue weighted by Crippen LogP contribution is 2.22. The number of aromatic nitrogens is 1. The number of fused-ring (bicyclic) bond motifs is 1. The van der Waals surface area contributed by atoms with E-state index in [-0.39, 0.29) is 5.56 Å². The second-order valence-electron chi connectivity index (χ2n) is 5.77. The van der Waals surface area contributed by atoms with Crippen LogP contribution in [0.4, 0.5) is 5.69 Å². The van der Waals surface area contributed by atoms with Crippen molar-refractivity contribution in [2.75, 3.05) is 11.9 Å². The lowest BCUT2D eigenvalue weighted by molar-refractivity contribution is 0.473. The van der Waals surface area contributed by atoms with Crippen molar-refractivity contribution >= 4 is 16.6 Å². The maximum Gasteiger partial charge on any atom is 0.252 e. The van der Waals surface area contributed by atoms with Gasteiger partial charge in [-0.3, -0.25) is 4.79 Å². The molecule has 1 unspecified atom stereocenters. The highest BCUT2D eigenvalue weighted by atomic mass is 16.1. The van der Waals surface area contributed by atoms with Crippen molar-refractivity contribution < 1.29 is 0 Å². The van der Waals surface area contributed by atoms with E-state index in [2.05, 4.69) is 25.2 Å². The lowest BCUT2D eigenvalue weighted by atomic mass is 9.99. The summed E-state index contributed by atoms with van der Waals surface area (Å²) in [5.41, 5.74) is 1.98. The third kappa shape index (κ3) is 3.66. The Morgan fingerprint density at radius 1 is 1.24 bits per heavy atom. The first-order valence-electron chi connectivity index (χ1n) is 8.00. The predicted molar refractivity (Wildman–Crippen MR) is 91.0 cm³/mol. The molecule has 2 aromatic rings. The molecule has 0 aliphatic heterocycles. The number of para-hydroxylation sites is 1. The van der Waals surface area contributed by atoms with Gasteiger partial charge >= 0.3 is 0 Å². The highest BCUT2D eigenvalue weighted by molar-refractivity contribution is 5.91.